The van der Waals surface area contributed by atoms with Crippen LogP contribution < -0.4 is 0 Å². The largest absolute Gasteiger partial charge is 0.480 e. The Labute approximate surface area is 127 Å². The number of hydrogen-bond donors (Lipinski definition) is 1. The molecule has 0 bridgehead atoms. The third kappa shape index (κ3) is 4.07. The van der Waals surface area contributed by atoms with Gasteiger partial charge in [-0.3, -0.25) is 9.59 Å². The van der Waals surface area contributed by atoms with Gasteiger partial charge in [0.2, 0.25) is 5.91 Å². The van der Waals surface area contributed by atoms with Gasteiger partial charge >= 0.3 is 5.97 Å². The number of aliphatic carboxylic acids is 1. The molecule has 5 nitrogen and oxygen atoms in total. The van der Waals surface area contributed by atoms with Gasteiger partial charge in [-0.25, -0.2) is 4.79 Å². The number of thioether (sulfide) groups is 1. The van der Waals surface area contributed by atoms with Crippen LogP contribution in [0.2, 0.25) is 0 Å². The highest BCUT2D eigenvalue weighted by atomic mass is 32.2. The van der Waals surface area contributed by atoms with Gasteiger partial charge in [0.25, 0.3) is 0 Å². The van der Waals surface area contributed by atoms with Crippen LogP contribution in [0.25, 0.3) is 0 Å². The Morgan fingerprint density at radius 1 is 1.19 bits per heavy atom. The summed E-state index contributed by atoms with van der Waals surface area (Å²) in [5.41, 5.74) is 0.627. The first kappa shape index (κ1) is 15.6. The van der Waals surface area contributed by atoms with Crippen molar-refractivity contribution < 1.29 is 19.5 Å². The van der Waals surface area contributed by atoms with Crippen LogP contribution in [-0.2, 0) is 9.59 Å². The molecule has 21 heavy (non-hydrogen) atoms. The van der Waals surface area contributed by atoms with Crippen LogP contribution in [0, 0.1) is 0 Å². The molecule has 1 aromatic rings. The van der Waals surface area contributed by atoms with Crippen LogP contribution in [0.15, 0.2) is 30.3 Å². The van der Waals surface area contributed by atoms with Gasteiger partial charge in [0.15, 0.2) is 5.78 Å². The Balaban J connectivity index is 1.79. The second kappa shape index (κ2) is 7.26. The van der Waals surface area contributed by atoms with Crippen molar-refractivity contribution in [3.8, 4) is 0 Å². The summed E-state index contributed by atoms with van der Waals surface area (Å²) in [6, 6.07) is 8.21. The fourth-order valence-electron chi connectivity index (χ4n) is 2.34. The fraction of sp³-hybridized carbons (Fsp3) is 0.400. The Hall–Kier alpha value is -1.82. The molecule has 1 amide bonds. The number of likely N-dealkylation sites (tertiary alicyclic amines) is 1. The van der Waals surface area contributed by atoms with Crippen molar-refractivity contribution in [3.05, 3.63) is 35.9 Å². The van der Waals surface area contributed by atoms with Crippen LogP contribution in [0.3, 0.4) is 0 Å². The van der Waals surface area contributed by atoms with E-state index in [4.69, 9.17) is 5.11 Å². The molecule has 0 saturated carbocycles. The minimum atomic E-state index is -0.953. The van der Waals surface area contributed by atoms with Crippen molar-refractivity contribution in [1.29, 1.82) is 0 Å². The quantitative estimate of drug-likeness (QED) is 0.809. The number of nitrogens with zero attached hydrogens (tertiary/aromatic N) is 1. The van der Waals surface area contributed by atoms with Gasteiger partial charge in [0.1, 0.15) is 6.04 Å². The summed E-state index contributed by atoms with van der Waals surface area (Å²) < 4.78 is 0. The van der Waals surface area contributed by atoms with E-state index in [0.717, 1.165) is 6.42 Å². The molecule has 0 spiro atoms. The van der Waals surface area contributed by atoms with Gasteiger partial charge < -0.3 is 10.0 Å². The maximum Gasteiger partial charge on any atom is 0.326 e. The number of carbonyl (C=O) groups excluding carboxylic acids is 2. The molecule has 1 N–H and O–H groups in total. The van der Waals surface area contributed by atoms with Crippen LogP contribution in [0.5, 0.6) is 0 Å². The fourth-order valence-corrected chi connectivity index (χ4v) is 3.14. The summed E-state index contributed by atoms with van der Waals surface area (Å²) in [5.74, 6) is -0.814. The van der Waals surface area contributed by atoms with Crippen molar-refractivity contribution in [2.24, 2.45) is 0 Å². The van der Waals surface area contributed by atoms with Crippen LogP contribution >= 0.6 is 11.8 Å². The molecule has 0 radical (unpaired) electrons. The highest BCUT2D eigenvalue weighted by Gasteiger charge is 2.33. The Morgan fingerprint density at radius 3 is 2.57 bits per heavy atom. The molecule has 1 heterocycles. The highest BCUT2D eigenvalue weighted by Crippen LogP contribution is 2.19. The predicted octanol–water partition coefficient (Wildman–Crippen LogP) is 1.68. The third-order valence-electron chi connectivity index (χ3n) is 3.41. The van der Waals surface area contributed by atoms with Gasteiger partial charge in [0, 0.05) is 12.1 Å². The van der Waals surface area contributed by atoms with E-state index in [2.05, 4.69) is 0 Å². The molecule has 112 valence electrons. The van der Waals surface area contributed by atoms with E-state index in [1.807, 2.05) is 6.07 Å². The lowest BCUT2D eigenvalue weighted by Crippen LogP contribution is -2.41. The van der Waals surface area contributed by atoms with E-state index in [1.54, 1.807) is 24.3 Å². The number of amides is 1. The van der Waals surface area contributed by atoms with Crippen molar-refractivity contribution in [1.82, 2.24) is 4.90 Å². The van der Waals surface area contributed by atoms with Gasteiger partial charge in [-0.1, -0.05) is 30.3 Å². The number of Topliss-reactive ketones (excluding diaryl/α,β-unsaturated/α-hetero) is 1. The molecule has 0 aliphatic carbocycles. The van der Waals surface area contributed by atoms with Gasteiger partial charge in [-0.2, -0.15) is 0 Å². The van der Waals surface area contributed by atoms with Crippen molar-refractivity contribution >= 4 is 29.4 Å². The molecule has 1 saturated heterocycles. The summed E-state index contributed by atoms with van der Waals surface area (Å²) in [4.78, 5) is 36.3. The lowest BCUT2D eigenvalue weighted by Gasteiger charge is -2.21. The molecule has 1 aliphatic heterocycles. The van der Waals surface area contributed by atoms with Crippen LogP contribution in [0.1, 0.15) is 23.2 Å². The van der Waals surface area contributed by atoms with E-state index in [1.165, 1.54) is 16.7 Å². The molecule has 0 aromatic heterocycles. The van der Waals surface area contributed by atoms with Gasteiger partial charge in [-0.15, -0.1) is 11.8 Å². The summed E-state index contributed by atoms with van der Waals surface area (Å²) in [5, 5.41) is 9.04. The van der Waals surface area contributed by atoms with Gasteiger partial charge in [0.05, 0.1) is 11.5 Å². The third-order valence-corrected chi connectivity index (χ3v) is 4.33. The van der Waals surface area contributed by atoms with Crippen LogP contribution in [0.4, 0.5) is 0 Å². The molecule has 1 aromatic carbocycles. The molecule has 1 aliphatic rings. The molecule has 1 atom stereocenters. The molecule has 0 unspecified atom stereocenters. The monoisotopic (exact) mass is 307 g/mol. The van der Waals surface area contributed by atoms with Crippen molar-refractivity contribution in [2.45, 2.75) is 18.9 Å². The molecule has 1 fully saturated rings. The first-order valence-electron chi connectivity index (χ1n) is 6.78. The average molecular weight is 307 g/mol. The zero-order valence-electron chi connectivity index (χ0n) is 11.5. The summed E-state index contributed by atoms with van der Waals surface area (Å²) >= 11 is 1.23. The van der Waals surface area contributed by atoms with E-state index in [-0.39, 0.29) is 23.2 Å². The van der Waals surface area contributed by atoms with E-state index in [0.29, 0.717) is 18.5 Å². The number of benzene rings is 1. The van der Waals surface area contributed by atoms with Gasteiger partial charge in [-0.05, 0) is 12.8 Å². The topological polar surface area (TPSA) is 74.7 Å². The zero-order valence-corrected chi connectivity index (χ0v) is 12.3. The Morgan fingerprint density at radius 2 is 1.90 bits per heavy atom. The first-order valence-corrected chi connectivity index (χ1v) is 7.93. The SMILES string of the molecule is O=C(CSCC(=O)N1CCC[C@H]1C(=O)O)c1ccccc1. The lowest BCUT2D eigenvalue weighted by atomic mass is 10.2. The second-order valence-corrected chi connectivity index (χ2v) is 5.85. The number of carboxylic acid groups (broad SMARTS) is 1. The van der Waals surface area contributed by atoms with E-state index < -0.39 is 12.0 Å². The summed E-state index contributed by atoms with van der Waals surface area (Å²) in [6.45, 7) is 0.489. The average Bonchev–Trinajstić information content (AvgIpc) is 2.97. The van der Waals surface area contributed by atoms with E-state index in [9.17, 15) is 14.4 Å². The van der Waals surface area contributed by atoms with Crippen molar-refractivity contribution in [2.75, 3.05) is 18.1 Å². The number of carbonyl (C=O) groups is 3. The Bertz CT molecular complexity index is 532. The first-order chi connectivity index (χ1) is 10.1. The second-order valence-electron chi connectivity index (χ2n) is 4.87. The minimum Gasteiger partial charge on any atom is -0.480 e. The normalized spacial score (nSPS) is 17.7. The zero-order chi connectivity index (χ0) is 15.2. The highest BCUT2D eigenvalue weighted by molar-refractivity contribution is 8.00. The van der Waals surface area contributed by atoms with Crippen molar-refractivity contribution in [3.63, 3.8) is 0 Å². The number of carboxylic acids is 1. The summed E-state index contributed by atoms with van der Waals surface area (Å²) in [7, 11) is 0. The smallest absolute Gasteiger partial charge is 0.326 e. The molecule has 2 rings (SSSR count). The van der Waals surface area contributed by atoms with Crippen LogP contribution in [-0.4, -0.2) is 51.8 Å². The standard InChI is InChI=1S/C15H17NO4S/c17-13(11-5-2-1-3-6-11)9-21-10-14(18)16-8-4-7-12(16)15(19)20/h1-3,5-6,12H,4,7-10H2,(H,19,20)/t12-/m0/s1. The number of hydrogen-bond acceptors (Lipinski definition) is 4. The number of ketones is 1. The summed E-state index contributed by atoms with van der Waals surface area (Å²) in [6.07, 6.45) is 1.23. The molecule has 6 heteroatoms. The lowest BCUT2D eigenvalue weighted by molar-refractivity contribution is -0.147. The molecular formula is C15H17NO4S. The predicted molar refractivity (Wildman–Crippen MR) is 80.5 cm³/mol. The molecular weight excluding hydrogens is 290 g/mol. The minimum absolute atomic E-state index is 0.0235. The van der Waals surface area contributed by atoms with E-state index >= 15 is 0 Å². The number of rotatable bonds is 6. The maximum atomic E-state index is 12.0. The maximum absolute atomic E-state index is 12.0. The Kier molecular flexibility index (Phi) is 5.38.